The fourth-order valence-corrected chi connectivity index (χ4v) is 3.80. The molecule has 2 rings (SSSR count). The summed E-state index contributed by atoms with van der Waals surface area (Å²) in [6, 6.07) is 0. The molecule has 3 unspecified atom stereocenters. The van der Waals surface area contributed by atoms with Crippen LogP contribution in [0.2, 0.25) is 0 Å². The lowest BCUT2D eigenvalue weighted by molar-refractivity contribution is -0.155. The lowest BCUT2D eigenvalue weighted by Crippen LogP contribution is -2.53. The van der Waals surface area contributed by atoms with Gasteiger partial charge in [-0.1, -0.05) is 25.5 Å². The van der Waals surface area contributed by atoms with Crippen LogP contribution >= 0.6 is 0 Å². The highest BCUT2D eigenvalue weighted by molar-refractivity contribution is 5.66. The number of carbonyl (C=O) groups is 1. The minimum atomic E-state index is -0.213. The Morgan fingerprint density at radius 2 is 2.05 bits per heavy atom. The van der Waals surface area contributed by atoms with Crippen molar-refractivity contribution < 1.29 is 14.3 Å². The summed E-state index contributed by atoms with van der Waals surface area (Å²) < 4.78 is 11.5. The molecule has 0 saturated carbocycles. The van der Waals surface area contributed by atoms with Gasteiger partial charge in [-0.15, -0.1) is 0 Å². The number of esters is 1. The van der Waals surface area contributed by atoms with Gasteiger partial charge in [0, 0.05) is 18.3 Å². The van der Waals surface area contributed by atoms with Crippen LogP contribution in [-0.4, -0.2) is 19.2 Å². The first-order valence-electron chi connectivity index (χ1n) is 7.41. The molecule has 3 nitrogen and oxygen atoms in total. The molecule has 2 bridgehead atoms. The van der Waals surface area contributed by atoms with E-state index in [1.165, 1.54) is 18.1 Å². The van der Waals surface area contributed by atoms with Crippen molar-refractivity contribution in [1.29, 1.82) is 0 Å². The summed E-state index contributed by atoms with van der Waals surface area (Å²) in [6.45, 7) is 13.4. The quantitative estimate of drug-likeness (QED) is 0.570. The van der Waals surface area contributed by atoms with Gasteiger partial charge in [-0.3, -0.25) is 4.79 Å². The van der Waals surface area contributed by atoms with Crippen LogP contribution in [0, 0.1) is 23.2 Å². The minimum Gasteiger partial charge on any atom is -0.497 e. The van der Waals surface area contributed by atoms with Crippen LogP contribution in [0.1, 0.15) is 41.5 Å². The summed E-state index contributed by atoms with van der Waals surface area (Å²) in [6.07, 6.45) is 2.33. The van der Waals surface area contributed by atoms with E-state index in [9.17, 15) is 4.79 Å². The van der Waals surface area contributed by atoms with E-state index in [-0.39, 0.29) is 11.4 Å². The van der Waals surface area contributed by atoms with Crippen molar-refractivity contribution in [3.8, 4) is 0 Å². The highest BCUT2D eigenvalue weighted by Gasteiger charge is 2.53. The van der Waals surface area contributed by atoms with E-state index in [1.807, 2.05) is 0 Å². The first-order chi connectivity index (χ1) is 9.29. The van der Waals surface area contributed by atoms with Gasteiger partial charge in [0.1, 0.15) is 12.4 Å². The largest absolute Gasteiger partial charge is 0.497 e. The molecule has 0 amide bonds. The monoisotopic (exact) mass is 278 g/mol. The average molecular weight is 278 g/mol. The Bertz CT molecular complexity index is 471. The third kappa shape index (κ3) is 2.27. The SMILES string of the molecule is CC(=O)OCC12COC(=C(C)C)C(C(C)=CC1C)[C@H]2C. The average Bonchev–Trinajstić information content (AvgIpc) is 2.34. The van der Waals surface area contributed by atoms with E-state index in [1.54, 1.807) is 0 Å². The molecule has 3 heteroatoms. The molecule has 1 fully saturated rings. The zero-order valence-electron chi connectivity index (χ0n) is 13.4. The molecule has 4 atom stereocenters. The fraction of sp³-hybridized carbons (Fsp3) is 0.706. The molecule has 1 aliphatic heterocycles. The molecule has 112 valence electrons. The van der Waals surface area contributed by atoms with Gasteiger partial charge in [-0.05, 0) is 38.2 Å². The van der Waals surface area contributed by atoms with Crippen molar-refractivity contribution in [3.63, 3.8) is 0 Å². The Labute approximate surface area is 122 Å². The molecular weight excluding hydrogens is 252 g/mol. The first kappa shape index (κ1) is 15.1. The molecule has 0 aromatic carbocycles. The second-order valence-corrected chi connectivity index (χ2v) is 6.63. The summed E-state index contributed by atoms with van der Waals surface area (Å²) in [5.41, 5.74) is 2.51. The van der Waals surface area contributed by atoms with E-state index in [4.69, 9.17) is 9.47 Å². The van der Waals surface area contributed by atoms with Crippen molar-refractivity contribution in [1.82, 2.24) is 0 Å². The van der Waals surface area contributed by atoms with E-state index < -0.39 is 0 Å². The Morgan fingerprint density at radius 3 is 2.60 bits per heavy atom. The van der Waals surface area contributed by atoms with Crippen LogP contribution in [0.15, 0.2) is 23.0 Å². The standard InChI is InChI=1S/C17H26O3/c1-10(2)16-15-11(3)7-12(4)17(9-20-16,13(15)5)8-19-14(6)18/h7,12-13,15H,8-9H2,1-6H3/t12?,13-,15?,17?/m1/s1. The summed E-state index contributed by atoms with van der Waals surface area (Å²) in [7, 11) is 0. The molecule has 1 saturated heterocycles. The molecule has 0 aromatic heterocycles. The maximum atomic E-state index is 11.2. The second-order valence-electron chi connectivity index (χ2n) is 6.63. The summed E-state index contributed by atoms with van der Waals surface area (Å²) in [4.78, 5) is 11.2. The number of fused-ring (bicyclic) bond motifs is 2. The van der Waals surface area contributed by atoms with Crippen LogP contribution < -0.4 is 0 Å². The van der Waals surface area contributed by atoms with Crippen molar-refractivity contribution in [2.45, 2.75) is 41.5 Å². The van der Waals surface area contributed by atoms with Crippen molar-refractivity contribution in [2.75, 3.05) is 13.2 Å². The second kappa shape index (κ2) is 5.27. The predicted octanol–water partition coefficient (Wildman–Crippen LogP) is 3.71. The van der Waals surface area contributed by atoms with Gasteiger partial charge in [-0.25, -0.2) is 0 Å². The maximum Gasteiger partial charge on any atom is 0.302 e. The van der Waals surface area contributed by atoms with Crippen molar-refractivity contribution in [2.24, 2.45) is 23.2 Å². The summed E-state index contributed by atoms with van der Waals surface area (Å²) in [5, 5.41) is 0. The zero-order chi connectivity index (χ0) is 15.1. The number of rotatable bonds is 2. The molecule has 1 heterocycles. The Hall–Kier alpha value is -1.25. The van der Waals surface area contributed by atoms with Gasteiger partial charge >= 0.3 is 5.97 Å². The number of allylic oxidation sites excluding steroid dienone is 3. The topological polar surface area (TPSA) is 35.5 Å². The highest BCUT2D eigenvalue weighted by Crippen LogP contribution is 2.54. The van der Waals surface area contributed by atoms with E-state index in [0.717, 1.165) is 5.76 Å². The lowest BCUT2D eigenvalue weighted by Gasteiger charge is -2.53. The normalized spacial score (nSPS) is 36.0. The fourth-order valence-electron chi connectivity index (χ4n) is 3.80. The van der Waals surface area contributed by atoms with E-state index in [2.05, 4.69) is 40.7 Å². The van der Waals surface area contributed by atoms with Crippen LogP contribution in [-0.2, 0) is 14.3 Å². The van der Waals surface area contributed by atoms with E-state index in [0.29, 0.717) is 31.0 Å². The van der Waals surface area contributed by atoms with Gasteiger partial charge in [-0.2, -0.15) is 0 Å². The predicted molar refractivity (Wildman–Crippen MR) is 79.0 cm³/mol. The smallest absolute Gasteiger partial charge is 0.302 e. The Morgan fingerprint density at radius 1 is 1.40 bits per heavy atom. The zero-order valence-corrected chi connectivity index (χ0v) is 13.4. The molecule has 2 aliphatic rings. The Kier molecular flexibility index (Phi) is 3.99. The number of carbonyl (C=O) groups excluding carboxylic acids is 1. The Balaban J connectivity index is 2.41. The molecule has 0 N–H and O–H groups in total. The van der Waals surface area contributed by atoms with Crippen molar-refractivity contribution in [3.05, 3.63) is 23.0 Å². The molecule has 20 heavy (non-hydrogen) atoms. The maximum absolute atomic E-state index is 11.2. The third-order valence-electron chi connectivity index (χ3n) is 5.13. The highest BCUT2D eigenvalue weighted by atomic mass is 16.5. The molecule has 1 aliphatic carbocycles. The lowest BCUT2D eigenvalue weighted by atomic mass is 9.57. The van der Waals surface area contributed by atoms with Crippen LogP contribution in [0.5, 0.6) is 0 Å². The molecule has 0 spiro atoms. The van der Waals surface area contributed by atoms with Crippen LogP contribution in [0.4, 0.5) is 0 Å². The molecule has 0 aromatic rings. The number of hydrogen-bond donors (Lipinski definition) is 0. The van der Waals surface area contributed by atoms with E-state index >= 15 is 0 Å². The van der Waals surface area contributed by atoms with Gasteiger partial charge < -0.3 is 9.47 Å². The van der Waals surface area contributed by atoms with Gasteiger partial charge in [0.15, 0.2) is 0 Å². The van der Waals surface area contributed by atoms with Gasteiger partial charge in [0.05, 0.1) is 6.61 Å². The van der Waals surface area contributed by atoms with Crippen LogP contribution in [0.3, 0.4) is 0 Å². The van der Waals surface area contributed by atoms with Gasteiger partial charge in [0.25, 0.3) is 0 Å². The molecular formula is C17H26O3. The van der Waals surface area contributed by atoms with Gasteiger partial charge in [0.2, 0.25) is 0 Å². The minimum absolute atomic E-state index is 0.102. The number of ether oxygens (including phenoxy) is 2. The summed E-state index contributed by atoms with van der Waals surface area (Å²) >= 11 is 0. The first-order valence-corrected chi connectivity index (χ1v) is 7.41. The van der Waals surface area contributed by atoms with Crippen LogP contribution in [0.25, 0.3) is 0 Å². The summed E-state index contributed by atoms with van der Waals surface area (Å²) in [5.74, 6) is 1.99. The number of hydrogen-bond acceptors (Lipinski definition) is 3. The van der Waals surface area contributed by atoms with Crippen molar-refractivity contribution >= 4 is 5.97 Å². The molecule has 0 radical (unpaired) electrons. The third-order valence-corrected chi connectivity index (χ3v) is 5.13.